The fourth-order valence-electron chi connectivity index (χ4n) is 4.00. The summed E-state index contributed by atoms with van der Waals surface area (Å²) in [5.74, 6) is -2.21. The van der Waals surface area contributed by atoms with Gasteiger partial charge in [0.05, 0.1) is 23.4 Å². The molecule has 32 heavy (non-hydrogen) atoms. The SMILES string of the molecule is COc1cc(N)c(Cl)cc1C(=O)NC1CCN(C2CCCCC2)C1.O=C(O)/C=C/C(=O)O. The van der Waals surface area contributed by atoms with E-state index < -0.39 is 11.9 Å². The number of carboxylic acid groups (broad SMARTS) is 2. The van der Waals surface area contributed by atoms with Crippen LogP contribution >= 0.6 is 11.6 Å². The van der Waals surface area contributed by atoms with Crippen LogP contribution in [0.4, 0.5) is 5.69 Å². The molecule has 1 saturated carbocycles. The zero-order valence-electron chi connectivity index (χ0n) is 18.1. The summed E-state index contributed by atoms with van der Waals surface area (Å²) in [4.78, 5) is 34.3. The van der Waals surface area contributed by atoms with Crippen molar-refractivity contribution in [3.8, 4) is 5.75 Å². The Morgan fingerprint density at radius 1 is 1.12 bits per heavy atom. The fraction of sp³-hybridized carbons (Fsp3) is 0.500. The minimum atomic E-state index is -1.26. The number of carbonyl (C=O) groups is 3. The first-order valence-corrected chi connectivity index (χ1v) is 10.9. The van der Waals surface area contributed by atoms with E-state index in [9.17, 15) is 14.4 Å². The second-order valence-corrected chi connectivity index (χ2v) is 8.24. The highest BCUT2D eigenvalue weighted by molar-refractivity contribution is 6.33. The number of amides is 1. The highest BCUT2D eigenvalue weighted by atomic mass is 35.5. The first kappa shape index (κ1) is 25.5. The quantitative estimate of drug-likeness (QED) is 0.369. The monoisotopic (exact) mass is 467 g/mol. The van der Waals surface area contributed by atoms with Gasteiger partial charge >= 0.3 is 11.9 Å². The lowest BCUT2D eigenvalue weighted by Crippen LogP contribution is -2.40. The van der Waals surface area contributed by atoms with Crippen molar-refractivity contribution in [3.05, 3.63) is 34.9 Å². The normalized spacial score (nSPS) is 19.2. The lowest BCUT2D eigenvalue weighted by atomic mass is 9.94. The molecule has 9 nitrogen and oxygen atoms in total. The molecule has 2 aliphatic rings. The molecule has 1 amide bonds. The van der Waals surface area contributed by atoms with Crippen LogP contribution in [0.5, 0.6) is 5.75 Å². The van der Waals surface area contributed by atoms with Gasteiger partial charge in [0, 0.05) is 43.4 Å². The molecular formula is C22H30ClN3O6. The van der Waals surface area contributed by atoms with Crippen molar-refractivity contribution in [3.63, 3.8) is 0 Å². The number of nitrogens with one attached hydrogen (secondary N) is 1. The summed E-state index contributed by atoms with van der Waals surface area (Å²) in [6, 6.07) is 4.06. The number of carbonyl (C=O) groups excluding carboxylic acids is 1. The highest BCUT2D eigenvalue weighted by Crippen LogP contribution is 2.29. The Bertz CT molecular complexity index is 838. The van der Waals surface area contributed by atoms with Gasteiger partial charge in [0.25, 0.3) is 5.91 Å². The number of anilines is 1. The molecule has 1 aliphatic heterocycles. The second kappa shape index (κ2) is 12.3. The predicted octanol–water partition coefficient (Wildman–Crippen LogP) is 2.78. The number of rotatable bonds is 6. The van der Waals surface area contributed by atoms with Crippen molar-refractivity contribution < 1.29 is 29.3 Å². The molecule has 2 fully saturated rings. The first-order chi connectivity index (χ1) is 15.2. The molecule has 1 saturated heterocycles. The Morgan fingerprint density at radius 3 is 2.31 bits per heavy atom. The van der Waals surface area contributed by atoms with Gasteiger partial charge in [0.15, 0.2) is 0 Å². The summed E-state index contributed by atoms with van der Waals surface area (Å²) in [5.41, 5.74) is 6.63. The molecule has 0 radical (unpaired) electrons. The molecule has 176 valence electrons. The minimum Gasteiger partial charge on any atom is -0.496 e. The number of methoxy groups -OCH3 is 1. The summed E-state index contributed by atoms with van der Waals surface area (Å²) < 4.78 is 5.27. The summed E-state index contributed by atoms with van der Waals surface area (Å²) >= 11 is 6.06. The van der Waals surface area contributed by atoms with Gasteiger partial charge < -0.3 is 26.0 Å². The van der Waals surface area contributed by atoms with Crippen LogP contribution in [-0.2, 0) is 9.59 Å². The third kappa shape index (κ3) is 7.72. The van der Waals surface area contributed by atoms with Gasteiger partial charge in [-0.15, -0.1) is 0 Å². The number of hydrogen-bond acceptors (Lipinski definition) is 6. The number of nitrogens with two attached hydrogens (primary N) is 1. The number of likely N-dealkylation sites (tertiary alicyclic amines) is 1. The lowest BCUT2D eigenvalue weighted by Gasteiger charge is -2.31. The molecule has 0 spiro atoms. The standard InChI is InChI=1S/C18H26ClN3O2.C4H4O4/c1-24-17-10-16(20)15(19)9-14(17)18(23)21-12-7-8-22(11-12)13-5-3-2-4-6-13;5-3(6)1-2-4(7)8/h9-10,12-13H,2-8,11,20H2,1H3,(H,21,23);1-2H,(H,5,6)(H,7,8)/b;2-1+. The number of carboxylic acids is 2. The van der Waals surface area contributed by atoms with Crippen molar-refractivity contribution in [1.82, 2.24) is 10.2 Å². The van der Waals surface area contributed by atoms with E-state index in [-0.39, 0.29) is 11.9 Å². The van der Waals surface area contributed by atoms with Gasteiger partial charge in [-0.25, -0.2) is 9.59 Å². The molecular weight excluding hydrogens is 438 g/mol. The number of halogens is 1. The Hall–Kier alpha value is -2.78. The smallest absolute Gasteiger partial charge is 0.328 e. The molecule has 3 rings (SSSR count). The van der Waals surface area contributed by atoms with E-state index in [1.807, 2.05) is 0 Å². The second-order valence-electron chi connectivity index (χ2n) is 7.83. The van der Waals surface area contributed by atoms with E-state index >= 15 is 0 Å². The number of nitrogens with zero attached hydrogens (tertiary/aromatic N) is 1. The average molecular weight is 468 g/mol. The van der Waals surface area contributed by atoms with Gasteiger partial charge in [-0.1, -0.05) is 30.9 Å². The van der Waals surface area contributed by atoms with Crippen molar-refractivity contribution in [2.24, 2.45) is 0 Å². The number of ether oxygens (including phenoxy) is 1. The molecule has 1 aliphatic carbocycles. The molecule has 5 N–H and O–H groups in total. The van der Waals surface area contributed by atoms with Crippen LogP contribution in [0.1, 0.15) is 48.9 Å². The summed E-state index contributed by atoms with van der Waals surface area (Å²) in [6.07, 6.45) is 8.73. The summed E-state index contributed by atoms with van der Waals surface area (Å²) in [6.45, 7) is 2.00. The third-order valence-corrected chi connectivity index (χ3v) is 5.91. The average Bonchev–Trinajstić information content (AvgIpc) is 3.23. The van der Waals surface area contributed by atoms with Crippen LogP contribution in [0.2, 0.25) is 5.02 Å². The molecule has 1 aromatic rings. The Morgan fingerprint density at radius 2 is 1.75 bits per heavy atom. The largest absolute Gasteiger partial charge is 0.496 e. The van der Waals surface area contributed by atoms with Crippen LogP contribution in [0.15, 0.2) is 24.3 Å². The Kier molecular flexibility index (Phi) is 9.80. The predicted molar refractivity (Wildman–Crippen MR) is 121 cm³/mol. The van der Waals surface area contributed by atoms with Crippen molar-refractivity contribution in [2.75, 3.05) is 25.9 Å². The summed E-state index contributed by atoms with van der Waals surface area (Å²) in [7, 11) is 1.53. The molecule has 1 heterocycles. The van der Waals surface area contributed by atoms with Crippen LogP contribution in [0.3, 0.4) is 0 Å². The third-order valence-electron chi connectivity index (χ3n) is 5.58. The highest BCUT2D eigenvalue weighted by Gasteiger charge is 2.30. The molecule has 10 heteroatoms. The molecule has 0 bridgehead atoms. The van der Waals surface area contributed by atoms with E-state index in [1.54, 1.807) is 12.1 Å². The van der Waals surface area contributed by atoms with Crippen LogP contribution < -0.4 is 15.8 Å². The molecule has 1 atom stereocenters. The van der Waals surface area contributed by atoms with Gasteiger partial charge in [0.2, 0.25) is 0 Å². The zero-order valence-corrected chi connectivity index (χ0v) is 18.8. The van der Waals surface area contributed by atoms with Crippen LogP contribution in [0.25, 0.3) is 0 Å². The maximum absolute atomic E-state index is 12.6. The zero-order chi connectivity index (χ0) is 23.7. The Labute approximate surface area is 192 Å². The van der Waals surface area contributed by atoms with E-state index in [2.05, 4.69) is 10.2 Å². The van der Waals surface area contributed by atoms with E-state index in [0.717, 1.165) is 19.5 Å². The molecule has 0 aromatic heterocycles. The van der Waals surface area contributed by atoms with Crippen molar-refractivity contribution in [2.45, 2.75) is 50.6 Å². The minimum absolute atomic E-state index is 0.149. The van der Waals surface area contributed by atoms with Gasteiger partial charge in [0.1, 0.15) is 5.75 Å². The summed E-state index contributed by atoms with van der Waals surface area (Å²) in [5, 5.41) is 19.1. The number of benzene rings is 1. The van der Waals surface area contributed by atoms with Crippen LogP contribution in [0, 0.1) is 0 Å². The maximum Gasteiger partial charge on any atom is 0.328 e. The van der Waals surface area contributed by atoms with E-state index in [1.165, 1.54) is 39.2 Å². The van der Waals surface area contributed by atoms with Crippen molar-refractivity contribution >= 4 is 35.1 Å². The number of nitrogen functional groups attached to an aromatic ring is 1. The first-order valence-electron chi connectivity index (χ1n) is 10.5. The van der Waals surface area contributed by atoms with Gasteiger partial charge in [-0.2, -0.15) is 0 Å². The molecule has 1 unspecified atom stereocenters. The van der Waals surface area contributed by atoms with Gasteiger partial charge in [-0.3, -0.25) is 9.69 Å². The van der Waals surface area contributed by atoms with Gasteiger partial charge in [-0.05, 0) is 25.3 Å². The molecule has 1 aromatic carbocycles. The van der Waals surface area contributed by atoms with Crippen LogP contribution in [-0.4, -0.2) is 65.2 Å². The topological polar surface area (TPSA) is 142 Å². The fourth-order valence-corrected chi connectivity index (χ4v) is 4.17. The van der Waals surface area contributed by atoms with E-state index in [0.29, 0.717) is 40.2 Å². The van der Waals surface area contributed by atoms with E-state index in [4.69, 9.17) is 32.3 Å². The van der Waals surface area contributed by atoms with Crippen molar-refractivity contribution in [1.29, 1.82) is 0 Å². The Balaban J connectivity index is 0.000000390. The lowest BCUT2D eigenvalue weighted by molar-refractivity contribution is -0.134. The maximum atomic E-state index is 12.6. The number of hydrogen-bond donors (Lipinski definition) is 4. The number of aliphatic carboxylic acids is 2.